The fraction of sp³-hybridized carbons (Fsp3) is 0.176. The minimum atomic E-state index is 0. The van der Waals surface area contributed by atoms with E-state index in [2.05, 4.69) is 30.0 Å². The Hall–Kier alpha value is -1.75. The molecule has 0 aliphatic heterocycles. The van der Waals surface area contributed by atoms with Crippen LogP contribution in [0.25, 0.3) is 0 Å². The second kappa shape index (κ2) is 8.37. The van der Waals surface area contributed by atoms with E-state index in [0.717, 1.165) is 30.5 Å². The highest BCUT2D eigenvalue weighted by atomic mass is 35.5. The minimum Gasteiger partial charge on any atom is -0.330 e. The molecule has 0 atom stereocenters. The van der Waals surface area contributed by atoms with Gasteiger partial charge in [-0.1, -0.05) is 48.2 Å². The Morgan fingerprint density at radius 2 is 1.53 bits per heavy atom. The maximum Gasteiger partial charge on any atom is 0.0281 e. The van der Waals surface area contributed by atoms with Gasteiger partial charge >= 0.3 is 0 Å². The van der Waals surface area contributed by atoms with Gasteiger partial charge in [-0.3, -0.25) is 0 Å². The molecular weight excluding hydrogens is 254 g/mol. The molecule has 0 aliphatic carbocycles. The molecule has 0 aromatic heterocycles. The van der Waals surface area contributed by atoms with Crippen LogP contribution in [0, 0.1) is 11.8 Å². The average molecular weight is 272 g/mol. The van der Waals surface area contributed by atoms with E-state index < -0.39 is 0 Å². The number of benzene rings is 2. The van der Waals surface area contributed by atoms with Crippen molar-refractivity contribution < 1.29 is 0 Å². The lowest BCUT2D eigenvalue weighted by atomic mass is 10.0. The Balaban J connectivity index is 0.00000180. The van der Waals surface area contributed by atoms with Gasteiger partial charge in [0, 0.05) is 11.1 Å². The lowest BCUT2D eigenvalue weighted by Gasteiger charge is -2.02. The molecule has 0 aliphatic rings. The van der Waals surface area contributed by atoms with Gasteiger partial charge in [-0.15, -0.1) is 12.4 Å². The molecular formula is C17H18ClN. The highest BCUT2D eigenvalue weighted by Gasteiger charge is 1.97. The molecule has 0 saturated heterocycles. The first-order valence-electron chi connectivity index (χ1n) is 6.25. The maximum atomic E-state index is 5.56. The fourth-order valence-electron chi connectivity index (χ4n) is 1.81. The molecule has 2 aromatic carbocycles. The quantitative estimate of drug-likeness (QED) is 0.851. The van der Waals surface area contributed by atoms with Crippen LogP contribution in [0.2, 0.25) is 0 Å². The Morgan fingerprint density at radius 1 is 0.842 bits per heavy atom. The van der Waals surface area contributed by atoms with Gasteiger partial charge in [-0.05, 0) is 43.1 Å². The van der Waals surface area contributed by atoms with E-state index in [9.17, 15) is 0 Å². The number of aryl methyl sites for hydroxylation is 1. The van der Waals surface area contributed by atoms with Crippen molar-refractivity contribution in [3.63, 3.8) is 0 Å². The van der Waals surface area contributed by atoms with Gasteiger partial charge in [-0.2, -0.15) is 0 Å². The van der Waals surface area contributed by atoms with Crippen molar-refractivity contribution in [2.45, 2.75) is 12.8 Å². The smallest absolute Gasteiger partial charge is 0.0281 e. The summed E-state index contributed by atoms with van der Waals surface area (Å²) in [7, 11) is 0. The minimum absolute atomic E-state index is 0. The van der Waals surface area contributed by atoms with Crippen LogP contribution in [0.1, 0.15) is 23.1 Å². The predicted molar refractivity (Wildman–Crippen MR) is 83.5 cm³/mol. The molecule has 0 amide bonds. The lowest BCUT2D eigenvalue weighted by molar-refractivity contribution is 0.831. The molecule has 2 N–H and O–H groups in total. The van der Waals surface area contributed by atoms with Crippen molar-refractivity contribution in [2.24, 2.45) is 5.73 Å². The summed E-state index contributed by atoms with van der Waals surface area (Å²) in [5.41, 5.74) is 8.99. The number of hydrogen-bond donors (Lipinski definition) is 1. The van der Waals surface area contributed by atoms with Gasteiger partial charge in [0.25, 0.3) is 0 Å². The predicted octanol–water partition coefficient (Wildman–Crippen LogP) is 3.40. The molecule has 1 nitrogen and oxygen atoms in total. The second-order valence-corrected chi connectivity index (χ2v) is 4.17. The fourth-order valence-corrected chi connectivity index (χ4v) is 1.81. The van der Waals surface area contributed by atoms with Crippen LogP contribution in [0.15, 0.2) is 54.6 Å². The number of nitrogens with two attached hydrogens (primary N) is 1. The molecule has 0 bridgehead atoms. The molecule has 0 unspecified atom stereocenters. The van der Waals surface area contributed by atoms with Crippen molar-refractivity contribution >= 4 is 12.4 Å². The topological polar surface area (TPSA) is 26.0 Å². The highest BCUT2D eigenvalue weighted by Crippen LogP contribution is 2.10. The summed E-state index contributed by atoms with van der Waals surface area (Å²) < 4.78 is 0. The van der Waals surface area contributed by atoms with Crippen LogP contribution in [-0.2, 0) is 6.42 Å². The van der Waals surface area contributed by atoms with Gasteiger partial charge in [0.2, 0.25) is 0 Å². The van der Waals surface area contributed by atoms with Crippen molar-refractivity contribution in [2.75, 3.05) is 6.54 Å². The molecule has 98 valence electrons. The molecule has 0 radical (unpaired) electrons. The van der Waals surface area contributed by atoms with E-state index in [1.54, 1.807) is 0 Å². The Morgan fingerprint density at radius 3 is 2.26 bits per heavy atom. The number of hydrogen-bond acceptors (Lipinski definition) is 1. The Kier molecular flexibility index (Phi) is 6.74. The van der Waals surface area contributed by atoms with E-state index >= 15 is 0 Å². The second-order valence-electron chi connectivity index (χ2n) is 4.17. The van der Waals surface area contributed by atoms with Crippen LogP contribution < -0.4 is 5.73 Å². The van der Waals surface area contributed by atoms with E-state index in [4.69, 9.17) is 5.73 Å². The highest BCUT2D eigenvalue weighted by molar-refractivity contribution is 5.85. The van der Waals surface area contributed by atoms with E-state index in [0.29, 0.717) is 0 Å². The zero-order valence-corrected chi connectivity index (χ0v) is 11.6. The van der Waals surface area contributed by atoms with Gasteiger partial charge in [0.15, 0.2) is 0 Å². The van der Waals surface area contributed by atoms with E-state index in [1.807, 2.05) is 36.4 Å². The summed E-state index contributed by atoms with van der Waals surface area (Å²) in [6.45, 7) is 0.723. The Labute approximate surface area is 121 Å². The Bertz CT molecular complexity index is 552. The molecule has 2 rings (SSSR count). The lowest BCUT2D eigenvalue weighted by Crippen LogP contribution is -2.01. The van der Waals surface area contributed by atoms with Crippen molar-refractivity contribution in [1.82, 2.24) is 0 Å². The molecule has 0 saturated carbocycles. The van der Waals surface area contributed by atoms with Crippen molar-refractivity contribution in [3.05, 3.63) is 71.3 Å². The van der Waals surface area contributed by atoms with Gasteiger partial charge in [0.05, 0.1) is 0 Å². The summed E-state index contributed by atoms with van der Waals surface area (Å²) in [5, 5.41) is 0. The summed E-state index contributed by atoms with van der Waals surface area (Å²) >= 11 is 0. The zero-order valence-electron chi connectivity index (χ0n) is 10.8. The largest absolute Gasteiger partial charge is 0.330 e. The van der Waals surface area contributed by atoms with Gasteiger partial charge in [0.1, 0.15) is 0 Å². The van der Waals surface area contributed by atoms with E-state index in [-0.39, 0.29) is 12.4 Å². The number of rotatable bonds is 3. The van der Waals surface area contributed by atoms with Crippen LogP contribution in [-0.4, -0.2) is 6.54 Å². The molecule has 0 spiro atoms. The normalized spacial score (nSPS) is 9.11. The monoisotopic (exact) mass is 271 g/mol. The average Bonchev–Trinajstić information content (AvgIpc) is 2.45. The summed E-state index contributed by atoms with van der Waals surface area (Å²) in [4.78, 5) is 0. The maximum absolute atomic E-state index is 5.56. The third-order valence-corrected chi connectivity index (χ3v) is 2.78. The molecule has 19 heavy (non-hydrogen) atoms. The van der Waals surface area contributed by atoms with Crippen molar-refractivity contribution in [3.8, 4) is 11.8 Å². The third-order valence-electron chi connectivity index (χ3n) is 2.78. The SMILES string of the molecule is Cl.NCCCc1ccccc1C#Cc1ccccc1. The van der Waals surface area contributed by atoms with Crippen LogP contribution in [0.3, 0.4) is 0 Å². The number of halogens is 1. The first kappa shape index (κ1) is 15.3. The summed E-state index contributed by atoms with van der Waals surface area (Å²) in [6.07, 6.45) is 2.00. The van der Waals surface area contributed by atoms with Crippen molar-refractivity contribution in [1.29, 1.82) is 0 Å². The first-order chi connectivity index (χ1) is 8.90. The van der Waals surface area contributed by atoms with Gasteiger partial charge < -0.3 is 5.73 Å². The molecule has 2 heteroatoms. The molecule has 0 heterocycles. The van der Waals surface area contributed by atoms with Crippen LogP contribution in [0.4, 0.5) is 0 Å². The standard InChI is InChI=1S/C17H17N.ClH/c18-14-6-11-16-9-4-5-10-17(16)13-12-15-7-2-1-3-8-15;/h1-5,7-10H,6,11,14,18H2;1H. The summed E-state index contributed by atoms with van der Waals surface area (Å²) in [5.74, 6) is 6.44. The first-order valence-corrected chi connectivity index (χ1v) is 6.25. The molecule has 0 fully saturated rings. The van der Waals surface area contributed by atoms with E-state index in [1.165, 1.54) is 5.56 Å². The van der Waals surface area contributed by atoms with Crippen LogP contribution in [0.5, 0.6) is 0 Å². The zero-order chi connectivity index (χ0) is 12.6. The third kappa shape index (κ3) is 4.79. The van der Waals surface area contributed by atoms with Crippen LogP contribution >= 0.6 is 12.4 Å². The summed E-state index contributed by atoms with van der Waals surface area (Å²) in [6, 6.07) is 18.3. The van der Waals surface area contributed by atoms with Gasteiger partial charge in [-0.25, -0.2) is 0 Å². The molecule has 2 aromatic rings.